The molecule has 2 fully saturated rings. The fourth-order valence-corrected chi connectivity index (χ4v) is 6.09. The molecule has 0 unspecified atom stereocenters. The monoisotopic (exact) mass is 580 g/mol. The Balaban J connectivity index is 1.20. The average molecular weight is 581 g/mol. The van der Waals surface area contributed by atoms with Gasteiger partial charge in [-0.15, -0.1) is 0 Å². The van der Waals surface area contributed by atoms with E-state index in [2.05, 4.69) is 20.4 Å². The number of rotatable bonds is 8. The number of amides is 2. The molecule has 1 aliphatic heterocycles. The lowest BCUT2D eigenvalue weighted by atomic mass is 10.0. The van der Waals surface area contributed by atoms with Crippen molar-refractivity contribution in [3.8, 4) is 11.1 Å². The van der Waals surface area contributed by atoms with Gasteiger partial charge in [0.05, 0.1) is 12.1 Å². The van der Waals surface area contributed by atoms with E-state index in [1.807, 2.05) is 56.3 Å². The van der Waals surface area contributed by atoms with E-state index in [0.717, 1.165) is 28.7 Å². The van der Waals surface area contributed by atoms with Crippen LogP contribution in [0, 0.1) is 19.8 Å². The number of nitrogens with zero attached hydrogens (tertiary/aromatic N) is 5. The van der Waals surface area contributed by atoms with Crippen molar-refractivity contribution in [2.45, 2.75) is 59.2 Å². The summed E-state index contributed by atoms with van der Waals surface area (Å²) in [5, 5.41) is 7.85. The van der Waals surface area contributed by atoms with Crippen LogP contribution in [-0.2, 0) is 16.1 Å². The predicted octanol–water partition coefficient (Wildman–Crippen LogP) is 4.82. The standard InChI is InChI=1S/C33H33FN6O3/c1-18-7-5-6-8-25(18)19(2)27(34)16-37-33(43)30-13-23-12-29(23)40(30)31(42)17-39-28-10-9-22(24-14-35-21(4)36-15-24)11-26(28)32(38-39)20(3)41/h5-11,14-15,23,29-30H,12-13,16-17H2,1-4H3,(H,37,43)/b27-19-/t23-,29-,30+/m1/s1. The third kappa shape index (κ3) is 5.45. The smallest absolute Gasteiger partial charge is 0.245 e. The number of hydrogen-bond donors (Lipinski definition) is 1. The molecule has 2 aliphatic rings. The number of piperidine rings is 1. The number of fused-ring (bicyclic) bond motifs is 2. The van der Waals surface area contributed by atoms with Crippen LogP contribution < -0.4 is 5.32 Å². The number of aryl methyl sites for hydroxylation is 2. The van der Waals surface area contributed by atoms with E-state index in [1.165, 1.54) is 11.6 Å². The molecule has 0 radical (unpaired) electrons. The van der Waals surface area contributed by atoms with Gasteiger partial charge in [0.25, 0.3) is 0 Å². The molecule has 220 valence electrons. The minimum absolute atomic E-state index is 0.0143. The van der Waals surface area contributed by atoms with Crippen molar-refractivity contribution < 1.29 is 18.8 Å². The van der Waals surface area contributed by atoms with Gasteiger partial charge in [-0.3, -0.25) is 19.1 Å². The van der Waals surface area contributed by atoms with Gasteiger partial charge in [-0.2, -0.15) is 5.10 Å². The molecule has 4 aromatic rings. The van der Waals surface area contributed by atoms with E-state index in [1.54, 1.807) is 24.2 Å². The summed E-state index contributed by atoms with van der Waals surface area (Å²) in [6, 6.07) is 12.4. The largest absolute Gasteiger partial charge is 0.348 e. The van der Waals surface area contributed by atoms with Gasteiger partial charge in [-0.1, -0.05) is 30.3 Å². The Bertz CT molecular complexity index is 1790. The maximum Gasteiger partial charge on any atom is 0.245 e. The first-order valence-corrected chi connectivity index (χ1v) is 14.4. The highest BCUT2D eigenvalue weighted by Crippen LogP contribution is 2.48. The summed E-state index contributed by atoms with van der Waals surface area (Å²) in [4.78, 5) is 49.6. The van der Waals surface area contributed by atoms with E-state index in [0.29, 0.717) is 28.7 Å². The average Bonchev–Trinajstić information content (AvgIpc) is 3.50. The fraction of sp³-hybridized carbons (Fsp3) is 0.333. The van der Waals surface area contributed by atoms with Crippen LogP contribution in [0.5, 0.6) is 0 Å². The van der Waals surface area contributed by atoms with Gasteiger partial charge in [0.2, 0.25) is 11.8 Å². The minimum atomic E-state index is -0.676. The minimum Gasteiger partial charge on any atom is -0.348 e. The lowest BCUT2D eigenvalue weighted by Gasteiger charge is -2.27. The second kappa shape index (κ2) is 11.2. The number of allylic oxidation sites excluding steroid dienone is 1. The normalized spacial score (nSPS) is 19.7. The summed E-state index contributed by atoms with van der Waals surface area (Å²) in [6.45, 7) is 6.51. The molecule has 2 aromatic carbocycles. The molecular formula is C33H33FN6O3. The van der Waals surface area contributed by atoms with Gasteiger partial charge >= 0.3 is 0 Å². The number of aromatic nitrogens is 4. The summed E-state index contributed by atoms with van der Waals surface area (Å²) in [5.74, 6) is -0.340. The zero-order valence-electron chi connectivity index (χ0n) is 24.6. The highest BCUT2D eigenvalue weighted by molar-refractivity contribution is 6.06. The lowest BCUT2D eigenvalue weighted by Crippen LogP contribution is -2.49. The third-order valence-corrected chi connectivity index (χ3v) is 8.55. The molecule has 1 saturated heterocycles. The number of carbonyl (C=O) groups is 3. The van der Waals surface area contributed by atoms with Gasteiger partial charge in [-0.05, 0) is 73.9 Å². The molecule has 6 rings (SSSR count). The topological polar surface area (TPSA) is 110 Å². The number of benzene rings is 2. The number of Topliss-reactive ketones (excluding diaryl/α,β-unsaturated/α-hetero) is 1. The Morgan fingerprint density at radius 2 is 1.74 bits per heavy atom. The van der Waals surface area contributed by atoms with Gasteiger partial charge in [0.1, 0.15) is 29.9 Å². The first-order valence-electron chi connectivity index (χ1n) is 14.4. The van der Waals surface area contributed by atoms with Crippen LogP contribution in [0.25, 0.3) is 27.6 Å². The van der Waals surface area contributed by atoms with E-state index < -0.39 is 11.9 Å². The lowest BCUT2D eigenvalue weighted by molar-refractivity contribution is -0.140. The Morgan fingerprint density at radius 3 is 2.47 bits per heavy atom. The zero-order valence-corrected chi connectivity index (χ0v) is 24.6. The maximum absolute atomic E-state index is 15.0. The van der Waals surface area contributed by atoms with Crippen molar-refractivity contribution >= 4 is 34.1 Å². The fourth-order valence-electron chi connectivity index (χ4n) is 6.09. The zero-order chi connectivity index (χ0) is 30.4. The maximum atomic E-state index is 15.0. The van der Waals surface area contributed by atoms with E-state index in [9.17, 15) is 14.4 Å². The molecule has 9 nitrogen and oxygen atoms in total. The van der Waals surface area contributed by atoms with Crippen LogP contribution >= 0.6 is 0 Å². The quantitative estimate of drug-likeness (QED) is 0.299. The molecule has 3 atom stereocenters. The highest BCUT2D eigenvalue weighted by atomic mass is 19.1. The molecule has 0 bridgehead atoms. The molecule has 3 heterocycles. The van der Waals surface area contributed by atoms with Crippen molar-refractivity contribution in [3.05, 3.63) is 83.3 Å². The number of halogens is 1. The van der Waals surface area contributed by atoms with Crippen molar-refractivity contribution in [2.24, 2.45) is 5.92 Å². The number of carbonyl (C=O) groups excluding carboxylic acids is 3. The van der Waals surface area contributed by atoms with E-state index >= 15 is 4.39 Å². The van der Waals surface area contributed by atoms with Crippen molar-refractivity contribution in [2.75, 3.05) is 6.54 Å². The number of hydrogen-bond acceptors (Lipinski definition) is 6. The summed E-state index contributed by atoms with van der Waals surface area (Å²) in [7, 11) is 0. The van der Waals surface area contributed by atoms with Crippen molar-refractivity contribution in [1.82, 2.24) is 30.0 Å². The summed E-state index contributed by atoms with van der Waals surface area (Å²) < 4.78 is 16.6. The molecule has 1 N–H and O–H groups in total. The molecule has 1 aliphatic carbocycles. The summed E-state index contributed by atoms with van der Waals surface area (Å²) in [6.07, 6.45) is 4.84. The van der Waals surface area contributed by atoms with Crippen molar-refractivity contribution in [1.29, 1.82) is 0 Å². The molecule has 0 spiro atoms. The van der Waals surface area contributed by atoms with Gasteiger partial charge < -0.3 is 10.2 Å². The Morgan fingerprint density at radius 1 is 1.00 bits per heavy atom. The SMILES string of the molecule is CC(=O)c1nn(CC(=O)N2[C@@H]3C[C@@H]3C[C@H]2C(=O)NC/C(F)=C(\C)c2ccccc2C)c2ccc(-c3cnc(C)nc3)cc12. The Kier molecular flexibility index (Phi) is 7.37. The first-order chi connectivity index (χ1) is 20.6. The predicted molar refractivity (Wildman–Crippen MR) is 161 cm³/mol. The van der Waals surface area contributed by atoms with E-state index in [4.69, 9.17) is 0 Å². The molecule has 2 aromatic heterocycles. The number of likely N-dealkylation sites (tertiary alicyclic amines) is 1. The number of nitrogens with one attached hydrogen (secondary N) is 1. The van der Waals surface area contributed by atoms with Crippen LogP contribution in [0.4, 0.5) is 4.39 Å². The summed E-state index contributed by atoms with van der Waals surface area (Å²) in [5.41, 5.74) is 4.77. The van der Waals surface area contributed by atoms with Crippen LogP contribution in [0.15, 0.2) is 60.7 Å². The molecule has 43 heavy (non-hydrogen) atoms. The summed E-state index contributed by atoms with van der Waals surface area (Å²) >= 11 is 0. The van der Waals surface area contributed by atoms with Gasteiger partial charge in [0.15, 0.2) is 5.78 Å². The van der Waals surface area contributed by atoms with Crippen molar-refractivity contribution in [3.63, 3.8) is 0 Å². The van der Waals surface area contributed by atoms with Crippen LogP contribution in [0.2, 0.25) is 0 Å². The number of ketones is 1. The first kappa shape index (κ1) is 28.4. The second-order valence-corrected chi connectivity index (χ2v) is 11.5. The van der Waals surface area contributed by atoms with Crippen LogP contribution in [0.1, 0.15) is 54.1 Å². The van der Waals surface area contributed by atoms with E-state index in [-0.39, 0.29) is 48.3 Å². The molecule has 1 saturated carbocycles. The second-order valence-electron chi connectivity index (χ2n) is 11.5. The Hall–Kier alpha value is -4.73. The molecular weight excluding hydrogens is 547 g/mol. The third-order valence-electron chi connectivity index (χ3n) is 8.55. The highest BCUT2D eigenvalue weighted by Gasteiger charge is 2.56. The van der Waals surface area contributed by atoms with Crippen LogP contribution in [-0.4, -0.2) is 60.9 Å². The van der Waals surface area contributed by atoms with Gasteiger partial charge in [0, 0.05) is 36.3 Å². The van der Waals surface area contributed by atoms with Crippen LogP contribution in [0.3, 0.4) is 0 Å². The van der Waals surface area contributed by atoms with Gasteiger partial charge in [-0.25, -0.2) is 14.4 Å². The molecule has 2 amide bonds. The molecule has 10 heteroatoms. The Labute approximate surface area is 248 Å².